The van der Waals surface area contributed by atoms with E-state index in [1.807, 2.05) is 0 Å². The quantitative estimate of drug-likeness (QED) is 0.660. The number of halogens is 1. The molecular weight excluding hydrogens is 203 g/mol. The van der Waals surface area contributed by atoms with Crippen molar-refractivity contribution in [3.8, 4) is 0 Å². The predicted molar refractivity (Wildman–Crippen MR) is 51.2 cm³/mol. The van der Waals surface area contributed by atoms with E-state index in [0.29, 0.717) is 26.1 Å². The van der Waals surface area contributed by atoms with Crippen LogP contribution in [-0.2, 0) is 9.59 Å². The molecular formula is C9H15FN2O3. The number of amides is 1. The minimum absolute atomic E-state index is 0.224. The molecule has 0 aromatic carbocycles. The Balaban J connectivity index is 2.55. The first-order valence-corrected chi connectivity index (χ1v) is 4.94. The van der Waals surface area contributed by atoms with Crippen LogP contribution in [0.1, 0.15) is 12.8 Å². The van der Waals surface area contributed by atoms with Crippen molar-refractivity contribution in [3.63, 3.8) is 0 Å². The number of carbonyl (C=O) groups excluding carboxylic acids is 1. The number of piperazine rings is 1. The van der Waals surface area contributed by atoms with Crippen molar-refractivity contribution in [1.82, 2.24) is 10.2 Å². The fourth-order valence-electron chi connectivity index (χ4n) is 1.68. The summed E-state index contributed by atoms with van der Waals surface area (Å²) >= 11 is 0. The first kappa shape index (κ1) is 11.9. The van der Waals surface area contributed by atoms with Crippen LogP contribution in [0.2, 0.25) is 0 Å². The zero-order chi connectivity index (χ0) is 11.3. The summed E-state index contributed by atoms with van der Waals surface area (Å²) in [6, 6.07) is -0.650. The molecule has 6 heteroatoms. The first-order valence-electron chi connectivity index (χ1n) is 4.94. The normalized spacial score (nSPS) is 22.5. The molecule has 1 saturated heterocycles. The fourth-order valence-corrected chi connectivity index (χ4v) is 1.68. The Labute approximate surface area is 87.2 Å². The SMILES string of the molecule is O=C(O)CC1C(=O)NCCN1CCCF. The molecule has 0 aliphatic carbocycles. The highest BCUT2D eigenvalue weighted by Gasteiger charge is 2.30. The second-order valence-corrected chi connectivity index (χ2v) is 3.48. The number of carboxylic acids is 1. The summed E-state index contributed by atoms with van der Waals surface area (Å²) < 4.78 is 12.0. The maximum absolute atomic E-state index is 12.0. The number of nitrogens with zero attached hydrogens (tertiary/aromatic N) is 1. The molecule has 1 aliphatic heterocycles. The zero-order valence-electron chi connectivity index (χ0n) is 8.41. The molecule has 15 heavy (non-hydrogen) atoms. The van der Waals surface area contributed by atoms with E-state index in [9.17, 15) is 14.0 Å². The summed E-state index contributed by atoms with van der Waals surface area (Å²) in [5.74, 6) is -1.29. The highest BCUT2D eigenvalue weighted by Crippen LogP contribution is 2.09. The summed E-state index contributed by atoms with van der Waals surface area (Å²) in [5.41, 5.74) is 0. The monoisotopic (exact) mass is 218 g/mol. The average Bonchev–Trinajstić information content (AvgIpc) is 2.18. The molecule has 1 fully saturated rings. The van der Waals surface area contributed by atoms with Gasteiger partial charge >= 0.3 is 5.97 Å². The van der Waals surface area contributed by atoms with Gasteiger partial charge in [0.15, 0.2) is 0 Å². The first-order chi connectivity index (χ1) is 7.15. The number of hydrogen-bond acceptors (Lipinski definition) is 3. The van der Waals surface area contributed by atoms with Gasteiger partial charge in [0.2, 0.25) is 5.91 Å². The Kier molecular flexibility index (Phi) is 4.48. The molecule has 0 aromatic rings. The van der Waals surface area contributed by atoms with E-state index in [1.165, 1.54) is 0 Å². The molecule has 2 N–H and O–H groups in total. The van der Waals surface area contributed by atoms with E-state index >= 15 is 0 Å². The van der Waals surface area contributed by atoms with Crippen LogP contribution in [0.3, 0.4) is 0 Å². The lowest BCUT2D eigenvalue weighted by Crippen LogP contribution is -2.56. The maximum atomic E-state index is 12.0. The van der Waals surface area contributed by atoms with Crippen LogP contribution in [0.15, 0.2) is 0 Å². The topological polar surface area (TPSA) is 69.6 Å². The summed E-state index contributed by atoms with van der Waals surface area (Å²) in [7, 11) is 0. The zero-order valence-corrected chi connectivity index (χ0v) is 8.41. The number of hydrogen-bond donors (Lipinski definition) is 2. The van der Waals surface area contributed by atoms with E-state index in [2.05, 4.69) is 5.32 Å². The third kappa shape index (κ3) is 3.47. The van der Waals surface area contributed by atoms with Gasteiger partial charge < -0.3 is 10.4 Å². The van der Waals surface area contributed by atoms with Crippen molar-refractivity contribution in [2.24, 2.45) is 0 Å². The van der Waals surface area contributed by atoms with Gasteiger partial charge in [-0.15, -0.1) is 0 Å². The summed E-state index contributed by atoms with van der Waals surface area (Å²) in [4.78, 5) is 23.7. The number of carboxylic acid groups (broad SMARTS) is 1. The Hall–Kier alpha value is -1.17. The molecule has 1 atom stereocenters. The van der Waals surface area contributed by atoms with E-state index in [1.54, 1.807) is 4.90 Å². The Morgan fingerprint density at radius 1 is 1.67 bits per heavy atom. The van der Waals surface area contributed by atoms with Gasteiger partial charge in [0.1, 0.15) is 0 Å². The lowest BCUT2D eigenvalue weighted by Gasteiger charge is -2.33. The molecule has 1 amide bonds. The molecule has 1 heterocycles. The lowest BCUT2D eigenvalue weighted by atomic mass is 10.1. The van der Waals surface area contributed by atoms with Gasteiger partial charge in [-0.2, -0.15) is 0 Å². The van der Waals surface area contributed by atoms with Gasteiger partial charge in [0.25, 0.3) is 0 Å². The van der Waals surface area contributed by atoms with Gasteiger partial charge in [0, 0.05) is 19.6 Å². The largest absolute Gasteiger partial charge is 0.481 e. The average molecular weight is 218 g/mol. The maximum Gasteiger partial charge on any atom is 0.305 e. The van der Waals surface area contributed by atoms with Crippen molar-refractivity contribution in [2.75, 3.05) is 26.3 Å². The van der Waals surface area contributed by atoms with E-state index in [4.69, 9.17) is 5.11 Å². The second-order valence-electron chi connectivity index (χ2n) is 3.48. The molecule has 0 radical (unpaired) electrons. The molecule has 0 aromatic heterocycles. The van der Waals surface area contributed by atoms with Crippen molar-refractivity contribution in [3.05, 3.63) is 0 Å². The van der Waals surface area contributed by atoms with Gasteiger partial charge in [-0.25, -0.2) is 0 Å². The summed E-state index contributed by atoms with van der Waals surface area (Å²) in [6.45, 7) is 1.07. The molecule has 5 nitrogen and oxygen atoms in total. The van der Waals surface area contributed by atoms with E-state index < -0.39 is 18.7 Å². The molecule has 0 saturated carbocycles. The van der Waals surface area contributed by atoms with Gasteiger partial charge in [-0.3, -0.25) is 18.9 Å². The third-order valence-electron chi connectivity index (χ3n) is 2.39. The van der Waals surface area contributed by atoms with Gasteiger partial charge in [-0.05, 0) is 6.42 Å². The van der Waals surface area contributed by atoms with E-state index in [0.717, 1.165) is 0 Å². The second kappa shape index (κ2) is 5.65. The molecule has 1 unspecified atom stereocenters. The van der Waals surface area contributed by atoms with Crippen molar-refractivity contribution >= 4 is 11.9 Å². The standard InChI is InChI=1S/C9H15FN2O3/c10-2-1-4-12-5-3-11-9(15)7(12)6-8(13)14/h7H,1-6H2,(H,11,15)(H,13,14). The smallest absolute Gasteiger partial charge is 0.305 e. The number of rotatable bonds is 5. The predicted octanol–water partition coefficient (Wildman–Crippen LogP) is -0.379. The van der Waals surface area contributed by atoms with Crippen molar-refractivity contribution < 1.29 is 19.1 Å². The van der Waals surface area contributed by atoms with Crippen LogP contribution in [0.4, 0.5) is 4.39 Å². The van der Waals surface area contributed by atoms with Crippen LogP contribution >= 0.6 is 0 Å². The van der Waals surface area contributed by atoms with Crippen molar-refractivity contribution in [2.45, 2.75) is 18.9 Å². The van der Waals surface area contributed by atoms with Crippen LogP contribution in [0.25, 0.3) is 0 Å². The molecule has 0 bridgehead atoms. The number of nitrogens with one attached hydrogen (secondary N) is 1. The van der Waals surface area contributed by atoms with Crippen LogP contribution < -0.4 is 5.32 Å². The van der Waals surface area contributed by atoms with E-state index in [-0.39, 0.29) is 12.3 Å². The summed E-state index contributed by atoms with van der Waals surface area (Å²) in [5, 5.41) is 11.3. The lowest BCUT2D eigenvalue weighted by molar-refractivity contribution is -0.143. The highest BCUT2D eigenvalue weighted by atomic mass is 19.1. The molecule has 0 spiro atoms. The Morgan fingerprint density at radius 2 is 2.40 bits per heavy atom. The highest BCUT2D eigenvalue weighted by molar-refractivity contribution is 5.86. The Morgan fingerprint density at radius 3 is 3.00 bits per heavy atom. The van der Waals surface area contributed by atoms with Crippen LogP contribution in [-0.4, -0.2) is 54.2 Å². The molecule has 1 rings (SSSR count). The van der Waals surface area contributed by atoms with Gasteiger partial charge in [0.05, 0.1) is 19.1 Å². The summed E-state index contributed by atoms with van der Waals surface area (Å²) in [6.07, 6.45) is 0.113. The van der Waals surface area contributed by atoms with Crippen LogP contribution in [0.5, 0.6) is 0 Å². The van der Waals surface area contributed by atoms with Crippen molar-refractivity contribution in [1.29, 1.82) is 0 Å². The molecule has 86 valence electrons. The number of alkyl halides is 1. The third-order valence-corrected chi connectivity index (χ3v) is 2.39. The minimum Gasteiger partial charge on any atom is -0.481 e. The minimum atomic E-state index is -1.01. The molecule has 1 aliphatic rings. The Bertz CT molecular complexity index is 248. The number of aliphatic carboxylic acids is 1. The van der Waals surface area contributed by atoms with Gasteiger partial charge in [-0.1, -0.05) is 0 Å². The fraction of sp³-hybridized carbons (Fsp3) is 0.778. The van der Waals surface area contributed by atoms with Crippen LogP contribution in [0, 0.1) is 0 Å². The number of carbonyl (C=O) groups is 2.